The third kappa shape index (κ3) is 5.18. The van der Waals surface area contributed by atoms with E-state index >= 15 is 0 Å². The SMILES string of the molecule is CCCCCCC(=O)C(c1ccccc1)C(C)CC. The van der Waals surface area contributed by atoms with Crippen LogP contribution in [0.1, 0.15) is 70.8 Å². The Kier molecular flexibility index (Phi) is 7.47. The second-order valence-electron chi connectivity index (χ2n) is 5.55. The fourth-order valence-corrected chi connectivity index (χ4v) is 2.61. The lowest BCUT2D eigenvalue weighted by molar-refractivity contribution is -0.121. The van der Waals surface area contributed by atoms with E-state index in [1.807, 2.05) is 18.2 Å². The fraction of sp³-hybridized carbons (Fsp3) is 0.611. The number of Topliss-reactive ketones (excluding diaryl/α,β-unsaturated/α-hetero) is 1. The summed E-state index contributed by atoms with van der Waals surface area (Å²) in [7, 11) is 0. The lowest BCUT2D eigenvalue weighted by atomic mass is 9.81. The van der Waals surface area contributed by atoms with Crippen molar-refractivity contribution in [3.63, 3.8) is 0 Å². The van der Waals surface area contributed by atoms with Crippen LogP contribution in [0, 0.1) is 5.92 Å². The molecule has 0 N–H and O–H groups in total. The third-order valence-electron chi connectivity index (χ3n) is 4.00. The zero-order valence-corrected chi connectivity index (χ0v) is 12.7. The van der Waals surface area contributed by atoms with Gasteiger partial charge in [0, 0.05) is 12.3 Å². The van der Waals surface area contributed by atoms with Crippen molar-refractivity contribution in [2.45, 2.75) is 65.2 Å². The van der Waals surface area contributed by atoms with Gasteiger partial charge in [-0.3, -0.25) is 4.79 Å². The minimum absolute atomic E-state index is 0.0906. The zero-order chi connectivity index (χ0) is 14.1. The molecule has 0 bridgehead atoms. The first-order valence-corrected chi connectivity index (χ1v) is 7.78. The quantitative estimate of drug-likeness (QED) is 0.546. The van der Waals surface area contributed by atoms with Crippen LogP contribution in [0.25, 0.3) is 0 Å². The van der Waals surface area contributed by atoms with Gasteiger partial charge in [0.15, 0.2) is 0 Å². The number of hydrogen-bond donors (Lipinski definition) is 0. The Morgan fingerprint density at radius 1 is 1.05 bits per heavy atom. The molecule has 0 aromatic heterocycles. The van der Waals surface area contributed by atoms with Crippen molar-refractivity contribution in [3.05, 3.63) is 35.9 Å². The smallest absolute Gasteiger partial charge is 0.140 e. The molecule has 0 aliphatic rings. The molecule has 0 spiro atoms. The normalized spacial score (nSPS) is 14.1. The maximum atomic E-state index is 12.5. The van der Waals surface area contributed by atoms with Gasteiger partial charge in [0.2, 0.25) is 0 Å². The van der Waals surface area contributed by atoms with Crippen molar-refractivity contribution in [2.24, 2.45) is 5.92 Å². The largest absolute Gasteiger partial charge is 0.299 e. The highest BCUT2D eigenvalue weighted by molar-refractivity contribution is 5.86. The highest BCUT2D eigenvalue weighted by Gasteiger charge is 2.24. The van der Waals surface area contributed by atoms with Crippen LogP contribution in [0.3, 0.4) is 0 Å². The van der Waals surface area contributed by atoms with Crippen LogP contribution in [0.4, 0.5) is 0 Å². The van der Waals surface area contributed by atoms with Gasteiger partial charge in [0.1, 0.15) is 5.78 Å². The van der Waals surface area contributed by atoms with Crippen LogP contribution >= 0.6 is 0 Å². The highest BCUT2D eigenvalue weighted by atomic mass is 16.1. The summed E-state index contributed by atoms with van der Waals surface area (Å²) in [6, 6.07) is 10.3. The third-order valence-corrected chi connectivity index (χ3v) is 4.00. The van der Waals surface area contributed by atoms with Crippen LogP contribution in [-0.4, -0.2) is 5.78 Å². The minimum Gasteiger partial charge on any atom is -0.299 e. The maximum Gasteiger partial charge on any atom is 0.140 e. The summed E-state index contributed by atoms with van der Waals surface area (Å²) in [5, 5.41) is 0. The molecular weight excluding hydrogens is 232 g/mol. The molecular formula is C18H28O. The number of carbonyl (C=O) groups is 1. The van der Waals surface area contributed by atoms with E-state index in [-0.39, 0.29) is 5.92 Å². The summed E-state index contributed by atoms with van der Waals surface area (Å²) in [6.45, 7) is 6.57. The number of unbranched alkanes of at least 4 members (excludes halogenated alkanes) is 3. The molecule has 0 aliphatic heterocycles. The predicted octanol–water partition coefficient (Wildman–Crippen LogP) is 5.36. The molecule has 0 aliphatic carbocycles. The van der Waals surface area contributed by atoms with E-state index in [4.69, 9.17) is 0 Å². The minimum atomic E-state index is 0.0906. The Bertz CT molecular complexity index is 355. The molecule has 0 saturated carbocycles. The number of carbonyl (C=O) groups excluding carboxylic acids is 1. The Balaban J connectivity index is 2.67. The second kappa shape index (κ2) is 8.90. The zero-order valence-electron chi connectivity index (χ0n) is 12.7. The summed E-state index contributed by atoms with van der Waals surface area (Å²) in [5.41, 5.74) is 1.19. The first kappa shape index (κ1) is 15.9. The molecule has 0 heterocycles. The topological polar surface area (TPSA) is 17.1 Å². The van der Waals surface area contributed by atoms with E-state index in [0.717, 1.165) is 19.3 Å². The Hall–Kier alpha value is -1.11. The predicted molar refractivity (Wildman–Crippen MR) is 82.4 cm³/mol. The van der Waals surface area contributed by atoms with Crippen molar-refractivity contribution >= 4 is 5.78 Å². The average Bonchev–Trinajstić information content (AvgIpc) is 2.45. The molecule has 0 saturated heterocycles. The summed E-state index contributed by atoms with van der Waals surface area (Å²) < 4.78 is 0. The molecule has 0 radical (unpaired) electrons. The fourth-order valence-electron chi connectivity index (χ4n) is 2.61. The molecule has 1 aromatic carbocycles. The molecule has 0 amide bonds. The average molecular weight is 260 g/mol. The van der Waals surface area contributed by atoms with Crippen LogP contribution in [0.2, 0.25) is 0 Å². The monoisotopic (exact) mass is 260 g/mol. The van der Waals surface area contributed by atoms with E-state index < -0.39 is 0 Å². The molecule has 0 fully saturated rings. The lowest BCUT2D eigenvalue weighted by Crippen LogP contribution is -2.19. The van der Waals surface area contributed by atoms with Crippen molar-refractivity contribution < 1.29 is 4.79 Å². The molecule has 1 aromatic rings. The van der Waals surface area contributed by atoms with Gasteiger partial charge < -0.3 is 0 Å². The van der Waals surface area contributed by atoms with E-state index in [1.54, 1.807) is 0 Å². The van der Waals surface area contributed by atoms with Gasteiger partial charge in [-0.2, -0.15) is 0 Å². The molecule has 1 nitrogen and oxygen atoms in total. The molecule has 106 valence electrons. The van der Waals surface area contributed by atoms with Gasteiger partial charge in [-0.1, -0.05) is 76.8 Å². The number of hydrogen-bond acceptors (Lipinski definition) is 1. The van der Waals surface area contributed by atoms with Crippen LogP contribution in [0.15, 0.2) is 30.3 Å². The highest BCUT2D eigenvalue weighted by Crippen LogP contribution is 2.29. The number of rotatable bonds is 9. The van der Waals surface area contributed by atoms with Crippen molar-refractivity contribution in [1.29, 1.82) is 0 Å². The van der Waals surface area contributed by atoms with Gasteiger partial charge in [-0.05, 0) is 17.9 Å². The van der Waals surface area contributed by atoms with Crippen molar-refractivity contribution in [2.75, 3.05) is 0 Å². The van der Waals surface area contributed by atoms with E-state index in [0.29, 0.717) is 11.7 Å². The van der Waals surface area contributed by atoms with E-state index in [1.165, 1.54) is 24.8 Å². The van der Waals surface area contributed by atoms with Gasteiger partial charge in [0.25, 0.3) is 0 Å². The van der Waals surface area contributed by atoms with Gasteiger partial charge in [-0.15, -0.1) is 0 Å². The molecule has 19 heavy (non-hydrogen) atoms. The van der Waals surface area contributed by atoms with Crippen LogP contribution in [0.5, 0.6) is 0 Å². The van der Waals surface area contributed by atoms with E-state index in [2.05, 4.69) is 32.9 Å². The standard InChI is InChI=1S/C18H28O/c1-4-6-7-11-14-17(19)18(15(3)5-2)16-12-9-8-10-13-16/h8-10,12-13,15,18H,4-7,11,14H2,1-3H3. The Labute approximate surface area is 118 Å². The maximum absolute atomic E-state index is 12.5. The molecule has 2 unspecified atom stereocenters. The Morgan fingerprint density at radius 3 is 2.32 bits per heavy atom. The molecule has 1 rings (SSSR count). The summed E-state index contributed by atoms with van der Waals surface area (Å²) >= 11 is 0. The second-order valence-corrected chi connectivity index (χ2v) is 5.55. The van der Waals surface area contributed by atoms with Gasteiger partial charge in [0.05, 0.1) is 0 Å². The first-order valence-electron chi connectivity index (χ1n) is 7.78. The summed E-state index contributed by atoms with van der Waals surface area (Å²) in [4.78, 5) is 12.5. The number of ketones is 1. The Morgan fingerprint density at radius 2 is 1.74 bits per heavy atom. The van der Waals surface area contributed by atoms with Gasteiger partial charge >= 0.3 is 0 Å². The van der Waals surface area contributed by atoms with Crippen molar-refractivity contribution in [3.8, 4) is 0 Å². The molecule has 2 atom stereocenters. The summed E-state index contributed by atoms with van der Waals surface area (Å²) in [5.74, 6) is 0.950. The first-order chi connectivity index (χ1) is 9.20. The number of benzene rings is 1. The van der Waals surface area contributed by atoms with Crippen molar-refractivity contribution in [1.82, 2.24) is 0 Å². The van der Waals surface area contributed by atoms with Crippen LogP contribution in [-0.2, 0) is 4.79 Å². The lowest BCUT2D eigenvalue weighted by Gasteiger charge is -2.22. The van der Waals surface area contributed by atoms with E-state index in [9.17, 15) is 4.79 Å². The summed E-state index contributed by atoms with van der Waals surface area (Å²) in [6.07, 6.45) is 6.50. The van der Waals surface area contributed by atoms with Crippen LogP contribution < -0.4 is 0 Å². The van der Waals surface area contributed by atoms with Gasteiger partial charge in [-0.25, -0.2) is 0 Å². The molecule has 1 heteroatoms.